The molecular weight excluding hydrogens is 256 g/mol. The summed E-state index contributed by atoms with van der Waals surface area (Å²) in [7, 11) is -3.66. The van der Waals surface area contributed by atoms with E-state index in [0.29, 0.717) is 13.0 Å². The van der Waals surface area contributed by atoms with Crippen LogP contribution in [-0.4, -0.2) is 42.1 Å². The average molecular weight is 272 g/mol. The molecule has 1 fully saturated rings. The van der Waals surface area contributed by atoms with Crippen molar-refractivity contribution in [3.63, 3.8) is 0 Å². The van der Waals surface area contributed by atoms with Crippen molar-refractivity contribution in [2.24, 2.45) is 0 Å². The van der Waals surface area contributed by atoms with Gasteiger partial charge >= 0.3 is 0 Å². The molecule has 6 nitrogen and oxygen atoms in total. The topological polar surface area (TPSA) is 104 Å². The quantitative estimate of drug-likeness (QED) is 0.535. The number of hydrogen-bond donors (Lipinski definition) is 3. The average Bonchev–Trinajstić information content (AvgIpc) is 2.81. The van der Waals surface area contributed by atoms with Crippen LogP contribution >= 0.6 is 0 Å². The van der Waals surface area contributed by atoms with Crippen LogP contribution in [0.25, 0.3) is 0 Å². The van der Waals surface area contributed by atoms with Gasteiger partial charge in [-0.25, -0.2) is 8.42 Å². The van der Waals surface area contributed by atoms with E-state index in [4.69, 9.17) is 5.73 Å². The zero-order valence-electron chi connectivity index (χ0n) is 9.78. The first kappa shape index (κ1) is 13.1. The van der Waals surface area contributed by atoms with E-state index < -0.39 is 10.0 Å². The Hall–Kier alpha value is -1.31. The number of nitrogens with two attached hydrogens (primary N) is 1. The summed E-state index contributed by atoms with van der Waals surface area (Å²) in [6, 6.07) is 3.43. The van der Waals surface area contributed by atoms with Gasteiger partial charge in [0.05, 0.1) is 17.2 Å². The lowest BCUT2D eigenvalue weighted by molar-refractivity contribution is 0.213. The Morgan fingerprint density at radius 3 is 2.78 bits per heavy atom. The molecule has 1 aliphatic rings. The molecule has 0 amide bonds. The standard InChI is InChI=1S/C11H16N2O4S/c12-10-6-9(3-4-11(10)15)18(16,17)13-5-1-2-8(13)7-14/h3-4,6,8,14-15H,1-2,5,7,12H2/t8-/m0/s1. The van der Waals surface area contributed by atoms with E-state index in [1.165, 1.54) is 22.5 Å². The highest BCUT2D eigenvalue weighted by atomic mass is 32.2. The van der Waals surface area contributed by atoms with Gasteiger partial charge in [-0.05, 0) is 31.0 Å². The van der Waals surface area contributed by atoms with Crippen LogP contribution < -0.4 is 5.73 Å². The van der Waals surface area contributed by atoms with Crippen molar-refractivity contribution in [3.05, 3.63) is 18.2 Å². The molecule has 100 valence electrons. The molecule has 1 saturated heterocycles. The van der Waals surface area contributed by atoms with E-state index in [9.17, 15) is 18.6 Å². The molecule has 1 aliphatic heterocycles. The molecule has 1 aromatic rings. The monoisotopic (exact) mass is 272 g/mol. The first-order valence-corrected chi connectivity index (χ1v) is 7.12. The highest BCUT2D eigenvalue weighted by Crippen LogP contribution is 2.29. The highest BCUT2D eigenvalue weighted by Gasteiger charge is 2.34. The number of phenolic OH excluding ortho intramolecular Hbond substituents is 1. The lowest BCUT2D eigenvalue weighted by Gasteiger charge is -2.22. The number of benzene rings is 1. The molecule has 7 heteroatoms. The number of rotatable bonds is 3. The van der Waals surface area contributed by atoms with Gasteiger partial charge in [-0.1, -0.05) is 0 Å². The van der Waals surface area contributed by atoms with Crippen molar-refractivity contribution in [2.75, 3.05) is 18.9 Å². The number of nitrogens with zero attached hydrogens (tertiary/aromatic N) is 1. The largest absolute Gasteiger partial charge is 0.506 e. The Kier molecular flexibility index (Phi) is 3.47. The van der Waals surface area contributed by atoms with E-state index in [1.807, 2.05) is 0 Å². The van der Waals surface area contributed by atoms with Crippen molar-refractivity contribution in [2.45, 2.75) is 23.8 Å². The van der Waals surface area contributed by atoms with Crippen LogP contribution in [0.3, 0.4) is 0 Å². The molecular formula is C11H16N2O4S. The lowest BCUT2D eigenvalue weighted by Crippen LogP contribution is -2.37. The molecule has 4 N–H and O–H groups in total. The number of hydrogen-bond acceptors (Lipinski definition) is 5. The van der Waals surface area contributed by atoms with Gasteiger partial charge in [-0.15, -0.1) is 0 Å². The summed E-state index contributed by atoms with van der Waals surface area (Å²) < 4.78 is 26.0. The molecule has 1 aromatic carbocycles. The predicted molar refractivity (Wildman–Crippen MR) is 66.5 cm³/mol. The Morgan fingerprint density at radius 1 is 1.44 bits per heavy atom. The fourth-order valence-corrected chi connectivity index (χ4v) is 3.86. The number of phenols is 1. The molecule has 0 unspecified atom stereocenters. The molecule has 0 bridgehead atoms. The van der Waals surface area contributed by atoms with Gasteiger partial charge in [0.15, 0.2) is 0 Å². The Bertz CT molecular complexity index is 544. The maximum Gasteiger partial charge on any atom is 0.243 e. The molecule has 0 aromatic heterocycles. The van der Waals surface area contributed by atoms with Gasteiger partial charge in [0.2, 0.25) is 10.0 Å². The van der Waals surface area contributed by atoms with Crippen molar-refractivity contribution >= 4 is 15.7 Å². The van der Waals surface area contributed by atoms with E-state index in [-0.39, 0.29) is 29.0 Å². The maximum atomic E-state index is 12.3. The number of nitrogen functional groups attached to an aromatic ring is 1. The van der Waals surface area contributed by atoms with Crippen LogP contribution in [0.4, 0.5) is 5.69 Å². The molecule has 2 rings (SSSR count). The number of aromatic hydroxyl groups is 1. The van der Waals surface area contributed by atoms with E-state index >= 15 is 0 Å². The predicted octanol–water partition coefficient (Wildman–Crippen LogP) is 0.120. The fraction of sp³-hybridized carbons (Fsp3) is 0.455. The molecule has 18 heavy (non-hydrogen) atoms. The minimum absolute atomic E-state index is 0.0239. The summed E-state index contributed by atoms with van der Waals surface area (Å²) >= 11 is 0. The van der Waals surface area contributed by atoms with Gasteiger partial charge in [0.1, 0.15) is 5.75 Å². The van der Waals surface area contributed by atoms with Crippen molar-refractivity contribution in [1.82, 2.24) is 4.31 Å². The second-order valence-electron chi connectivity index (χ2n) is 4.32. The summed E-state index contributed by atoms with van der Waals surface area (Å²) in [5, 5.41) is 18.5. The number of anilines is 1. The smallest absolute Gasteiger partial charge is 0.243 e. The van der Waals surface area contributed by atoms with E-state index in [2.05, 4.69) is 0 Å². The highest BCUT2D eigenvalue weighted by molar-refractivity contribution is 7.89. The van der Waals surface area contributed by atoms with Crippen LogP contribution in [0.1, 0.15) is 12.8 Å². The number of aliphatic hydroxyl groups is 1. The van der Waals surface area contributed by atoms with Crippen LogP contribution in [0.15, 0.2) is 23.1 Å². The third kappa shape index (κ3) is 2.16. The van der Waals surface area contributed by atoms with Crippen LogP contribution in [0, 0.1) is 0 Å². The Balaban J connectivity index is 2.38. The second-order valence-corrected chi connectivity index (χ2v) is 6.21. The van der Waals surface area contributed by atoms with Crippen LogP contribution in [0.2, 0.25) is 0 Å². The molecule has 0 saturated carbocycles. The summed E-state index contributed by atoms with van der Waals surface area (Å²) in [5.41, 5.74) is 5.52. The normalized spacial score (nSPS) is 21.3. The third-order valence-corrected chi connectivity index (χ3v) is 5.09. The summed E-state index contributed by atoms with van der Waals surface area (Å²) in [5.74, 6) is -0.144. The zero-order valence-corrected chi connectivity index (χ0v) is 10.6. The van der Waals surface area contributed by atoms with Gasteiger partial charge in [0.25, 0.3) is 0 Å². The third-order valence-electron chi connectivity index (χ3n) is 3.14. The molecule has 0 aliphatic carbocycles. The summed E-state index contributed by atoms with van der Waals surface area (Å²) in [4.78, 5) is 0.0400. The van der Waals surface area contributed by atoms with Crippen molar-refractivity contribution in [1.29, 1.82) is 0 Å². The molecule has 0 spiro atoms. The minimum Gasteiger partial charge on any atom is -0.506 e. The Labute approximate surface area is 106 Å². The van der Waals surface area contributed by atoms with Gasteiger partial charge < -0.3 is 15.9 Å². The summed E-state index contributed by atoms with van der Waals surface area (Å²) in [6.07, 6.45) is 1.39. The molecule has 1 heterocycles. The number of sulfonamides is 1. The Morgan fingerprint density at radius 2 is 2.17 bits per heavy atom. The van der Waals surface area contributed by atoms with Crippen molar-refractivity contribution < 1.29 is 18.6 Å². The van der Waals surface area contributed by atoms with Crippen LogP contribution in [0.5, 0.6) is 5.75 Å². The van der Waals surface area contributed by atoms with E-state index in [1.54, 1.807) is 0 Å². The first-order chi connectivity index (χ1) is 8.46. The minimum atomic E-state index is -3.66. The fourth-order valence-electron chi connectivity index (χ4n) is 2.14. The maximum absolute atomic E-state index is 12.3. The second kappa shape index (κ2) is 4.75. The van der Waals surface area contributed by atoms with E-state index in [0.717, 1.165) is 6.42 Å². The molecule has 0 radical (unpaired) electrons. The van der Waals surface area contributed by atoms with Gasteiger partial charge in [0, 0.05) is 12.6 Å². The molecule has 1 atom stereocenters. The lowest BCUT2D eigenvalue weighted by atomic mass is 10.2. The van der Waals surface area contributed by atoms with Crippen molar-refractivity contribution in [3.8, 4) is 5.75 Å². The van der Waals surface area contributed by atoms with Gasteiger partial charge in [-0.3, -0.25) is 0 Å². The zero-order chi connectivity index (χ0) is 13.3. The number of aliphatic hydroxyl groups excluding tert-OH is 1. The first-order valence-electron chi connectivity index (χ1n) is 5.68. The summed E-state index contributed by atoms with van der Waals surface area (Å²) in [6.45, 7) is 0.209. The van der Waals surface area contributed by atoms with Crippen LogP contribution in [-0.2, 0) is 10.0 Å². The van der Waals surface area contributed by atoms with Gasteiger partial charge in [-0.2, -0.15) is 4.31 Å². The SMILES string of the molecule is Nc1cc(S(=O)(=O)N2CCC[C@H]2CO)ccc1O.